The molecule has 4 heteroatoms. The van der Waals surface area contributed by atoms with Gasteiger partial charge in [0, 0.05) is 11.1 Å². The summed E-state index contributed by atoms with van der Waals surface area (Å²) in [5.74, 6) is 0.825. The Kier molecular flexibility index (Phi) is 4.04. The number of nitrogens with zero attached hydrogens (tertiary/aromatic N) is 2. The van der Waals surface area contributed by atoms with Gasteiger partial charge in [0.2, 0.25) is 0 Å². The first kappa shape index (κ1) is 15.5. The summed E-state index contributed by atoms with van der Waals surface area (Å²) in [6.45, 7) is 2.08. The molecule has 0 bridgehead atoms. The molecule has 3 aromatic carbocycles. The second-order valence-electron chi connectivity index (χ2n) is 5.89. The zero-order chi connectivity index (χ0) is 17.2. The number of hydrogen-bond acceptors (Lipinski definition) is 2. The highest BCUT2D eigenvalue weighted by Gasteiger charge is 2.15. The minimum atomic E-state index is 0.585. The Morgan fingerprint density at radius 2 is 1.44 bits per heavy atom. The molecule has 0 aliphatic carbocycles. The van der Waals surface area contributed by atoms with Gasteiger partial charge in [-0.15, -0.1) is 0 Å². The van der Waals surface area contributed by atoms with E-state index in [4.69, 9.17) is 12.2 Å². The number of H-pyrrole nitrogens is 1. The third kappa shape index (κ3) is 2.81. The molecule has 0 saturated heterocycles. The van der Waals surface area contributed by atoms with Crippen molar-refractivity contribution in [2.75, 3.05) is 0 Å². The summed E-state index contributed by atoms with van der Waals surface area (Å²) >= 11 is 5.55. The number of para-hydroxylation sites is 1. The predicted molar refractivity (Wildman–Crippen MR) is 104 cm³/mol. The van der Waals surface area contributed by atoms with Crippen molar-refractivity contribution in [1.29, 1.82) is 0 Å². The molecule has 0 aliphatic rings. The third-order valence-electron chi connectivity index (χ3n) is 4.29. The lowest BCUT2D eigenvalue weighted by Gasteiger charge is -2.13. The van der Waals surface area contributed by atoms with Crippen molar-refractivity contribution in [3.63, 3.8) is 0 Å². The highest BCUT2D eigenvalue weighted by Crippen LogP contribution is 2.31. The molecule has 0 amide bonds. The SMILES string of the molecule is Cc1ccccc1-c1n[nH]c(=S)n1-c1ccccc1-c1ccccc1. The summed E-state index contributed by atoms with van der Waals surface area (Å²) < 4.78 is 2.60. The highest BCUT2D eigenvalue weighted by atomic mass is 32.1. The molecule has 4 rings (SSSR count). The molecule has 0 aliphatic heterocycles. The molecule has 0 unspecified atom stereocenters. The lowest BCUT2D eigenvalue weighted by atomic mass is 10.0. The van der Waals surface area contributed by atoms with Crippen LogP contribution in [0.15, 0.2) is 78.9 Å². The van der Waals surface area contributed by atoms with Gasteiger partial charge in [0.1, 0.15) is 0 Å². The molecule has 3 nitrogen and oxygen atoms in total. The summed E-state index contributed by atoms with van der Waals surface area (Å²) in [4.78, 5) is 0. The Bertz CT molecular complexity index is 1080. The molecule has 122 valence electrons. The average Bonchev–Trinajstić information content (AvgIpc) is 3.04. The van der Waals surface area contributed by atoms with Gasteiger partial charge in [-0.3, -0.25) is 9.67 Å². The van der Waals surface area contributed by atoms with Crippen LogP contribution in [-0.4, -0.2) is 14.8 Å². The first-order valence-electron chi connectivity index (χ1n) is 8.14. The summed E-state index contributed by atoms with van der Waals surface area (Å²) in [5, 5.41) is 7.46. The Labute approximate surface area is 151 Å². The van der Waals surface area contributed by atoms with Gasteiger partial charge >= 0.3 is 0 Å². The Morgan fingerprint density at radius 3 is 2.20 bits per heavy atom. The van der Waals surface area contributed by atoms with Crippen LogP contribution in [0, 0.1) is 11.7 Å². The highest BCUT2D eigenvalue weighted by molar-refractivity contribution is 7.71. The maximum atomic E-state index is 5.55. The van der Waals surface area contributed by atoms with Crippen molar-refractivity contribution >= 4 is 12.2 Å². The van der Waals surface area contributed by atoms with Crippen LogP contribution >= 0.6 is 12.2 Å². The van der Waals surface area contributed by atoms with Crippen molar-refractivity contribution in [3.05, 3.63) is 89.2 Å². The molecule has 0 atom stereocenters. The van der Waals surface area contributed by atoms with Gasteiger partial charge in [-0.05, 0) is 36.3 Å². The van der Waals surface area contributed by atoms with Crippen LogP contribution in [0.25, 0.3) is 28.2 Å². The van der Waals surface area contributed by atoms with E-state index in [-0.39, 0.29) is 0 Å². The minimum absolute atomic E-state index is 0.585. The first-order chi connectivity index (χ1) is 12.3. The monoisotopic (exact) mass is 343 g/mol. The van der Waals surface area contributed by atoms with E-state index < -0.39 is 0 Å². The maximum absolute atomic E-state index is 5.55. The lowest BCUT2D eigenvalue weighted by Crippen LogP contribution is -2.01. The second kappa shape index (κ2) is 6.49. The van der Waals surface area contributed by atoms with E-state index in [1.54, 1.807) is 0 Å². The molecule has 0 spiro atoms. The van der Waals surface area contributed by atoms with Crippen LogP contribution in [0.3, 0.4) is 0 Å². The van der Waals surface area contributed by atoms with Gasteiger partial charge in [0.15, 0.2) is 10.6 Å². The first-order valence-corrected chi connectivity index (χ1v) is 8.55. The molecule has 4 aromatic rings. The van der Waals surface area contributed by atoms with Crippen molar-refractivity contribution < 1.29 is 0 Å². The Hall–Kier alpha value is -2.98. The quantitative estimate of drug-likeness (QED) is 0.493. The third-order valence-corrected chi connectivity index (χ3v) is 4.56. The van der Waals surface area contributed by atoms with Gasteiger partial charge < -0.3 is 0 Å². The number of aromatic nitrogens is 3. The summed E-state index contributed by atoms with van der Waals surface area (Å²) in [5.41, 5.74) is 5.52. The number of rotatable bonds is 3. The van der Waals surface area contributed by atoms with Crippen molar-refractivity contribution in [2.45, 2.75) is 6.92 Å². The zero-order valence-electron chi connectivity index (χ0n) is 13.8. The van der Waals surface area contributed by atoms with Crippen LogP contribution in [0.1, 0.15) is 5.56 Å². The standard InChI is InChI=1S/C21H17N3S/c1-15-9-5-6-12-17(15)20-22-23-21(25)24(20)19-14-8-7-13-18(19)16-10-3-2-4-11-16/h2-14H,1H3,(H,23,25). The van der Waals surface area contributed by atoms with E-state index in [1.165, 1.54) is 0 Å². The van der Waals surface area contributed by atoms with E-state index in [0.29, 0.717) is 4.77 Å². The fourth-order valence-corrected chi connectivity index (χ4v) is 3.29. The van der Waals surface area contributed by atoms with E-state index in [1.807, 2.05) is 47.0 Å². The number of aromatic amines is 1. The van der Waals surface area contributed by atoms with Gasteiger partial charge in [-0.1, -0.05) is 72.8 Å². The fourth-order valence-electron chi connectivity index (χ4n) is 3.06. The maximum Gasteiger partial charge on any atom is 0.200 e. The second-order valence-corrected chi connectivity index (χ2v) is 6.27. The van der Waals surface area contributed by atoms with Crippen LogP contribution in [-0.2, 0) is 0 Å². The van der Waals surface area contributed by atoms with E-state index in [9.17, 15) is 0 Å². The van der Waals surface area contributed by atoms with Crippen molar-refractivity contribution in [2.24, 2.45) is 0 Å². The molecular weight excluding hydrogens is 326 g/mol. The molecule has 1 aromatic heterocycles. The van der Waals surface area contributed by atoms with Gasteiger partial charge in [0.25, 0.3) is 0 Å². The summed E-state index contributed by atoms with van der Waals surface area (Å²) in [6, 6.07) is 26.8. The average molecular weight is 343 g/mol. The van der Waals surface area contributed by atoms with Crippen molar-refractivity contribution in [3.8, 4) is 28.2 Å². The predicted octanol–water partition coefficient (Wildman–Crippen LogP) is 5.57. The van der Waals surface area contributed by atoms with Crippen LogP contribution < -0.4 is 0 Å². The molecule has 1 heterocycles. The van der Waals surface area contributed by atoms with Crippen LogP contribution in [0.2, 0.25) is 0 Å². The largest absolute Gasteiger partial charge is 0.268 e. The molecular formula is C21H17N3S. The molecule has 0 saturated carbocycles. The minimum Gasteiger partial charge on any atom is -0.268 e. The van der Waals surface area contributed by atoms with Gasteiger partial charge in [0.05, 0.1) is 5.69 Å². The van der Waals surface area contributed by atoms with Crippen LogP contribution in [0.5, 0.6) is 0 Å². The number of nitrogens with one attached hydrogen (secondary N) is 1. The topological polar surface area (TPSA) is 33.6 Å². The molecule has 25 heavy (non-hydrogen) atoms. The van der Waals surface area contributed by atoms with Gasteiger partial charge in [-0.2, -0.15) is 5.10 Å². The number of benzene rings is 3. The smallest absolute Gasteiger partial charge is 0.200 e. The summed E-state index contributed by atoms with van der Waals surface area (Å²) in [6.07, 6.45) is 0. The lowest BCUT2D eigenvalue weighted by molar-refractivity contribution is 1.04. The normalized spacial score (nSPS) is 10.8. The summed E-state index contributed by atoms with van der Waals surface area (Å²) in [7, 11) is 0. The Morgan fingerprint density at radius 1 is 0.800 bits per heavy atom. The molecule has 1 N–H and O–H groups in total. The Balaban J connectivity index is 1.98. The zero-order valence-corrected chi connectivity index (χ0v) is 14.6. The van der Waals surface area contributed by atoms with E-state index in [2.05, 4.69) is 53.5 Å². The van der Waals surface area contributed by atoms with E-state index in [0.717, 1.165) is 33.8 Å². The molecule has 0 radical (unpaired) electrons. The molecule has 0 fully saturated rings. The van der Waals surface area contributed by atoms with Crippen LogP contribution in [0.4, 0.5) is 0 Å². The van der Waals surface area contributed by atoms with Crippen molar-refractivity contribution in [1.82, 2.24) is 14.8 Å². The van der Waals surface area contributed by atoms with Gasteiger partial charge in [-0.25, -0.2) is 0 Å². The van der Waals surface area contributed by atoms with E-state index >= 15 is 0 Å². The number of aryl methyl sites for hydroxylation is 1. The number of hydrogen-bond donors (Lipinski definition) is 1. The fraction of sp³-hybridized carbons (Fsp3) is 0.0476.